The number of methoxy groups -OCH3 is 2. The van der Waals surface area contributed by atoms with E-state index in [0.717, 1.165) is 6.42 Å². The predicted octanol–water partition coefficient (Wildman–Crippen LogP) is 6.05. The zero-order valence-corrected chi connectivity index (χ0v) is 19.2. The second-order valence-electron chi connectivity index (χ2n) is 9.92. The Bertz CT molecular complexity index is 918. The third-order valence-corrected chi connectivity index (χ3v) is 12.4. The first-order valence-electron chi connectivity index (χ1n) is 10.5. The van der Waals surface area contributed by atoms with E-state index in [1.54, 1.807) is 25.3 Å². The SMILES string of the molecule is COC1(OC)[C@@]2(Cl)C(Cl)=C(Cl)[C@]1(Cl)[C@@H]1[C@@H]3C[C@@H]([C@H]4[C@@H]3[C@@H]3C[C@H]4c4ccccc43)[C@@H]12. The van der Waals surface area contributed by atoms with Crippen LogP contribution in [0.4, 0.5) is 0 Å². The van der Waals surface area contributed by atoms with Crippen LogP contribution in [0.2, 0.25) is 0 Å². The summed E-state index contributed by atoms with van der Waals surface area (Å²) in [5, 5.41) is 0.849. The van der Waals surface area contributed by atoms with Crippen LogP contribution in [0.5, 0.6) is 0 Å². The number of halogens is 4. The van der Waals surface area contributed by atoms with Gasteiger partial charge in [-0.15, -0.1) is 23.2 Å². The molecule has 0 aromatic heterocycles. The average Bonchev–Trinajstić information content (AvgIpc) is 3.51. The summed E-state index contributed by atoms with van der Waals surface area (Å²) < 4.78 is 12.0. The fraction of sp³-hybridized carbons (Fsp3) is 0.652. The fourth-order valence-electron chi connectivity index (χ4n) is 9.45. The van der Waals surface area contributed by atoms with Crippen LogP contribution in [0.1, 0.15) is 35.8 Å². The van der Waals surface area contributed by atoms with E-state index in [4.69, 9.17) is 55.9 Å². The highest BCUT2D eigenvalue weighted by atomic mass is 35.5. The van der Waals surface area contributed by atoms with Gasteiger partial charge in [0.25, 0.3) is 0 Å². The second-order valence-corrected chi connectivity index (χ2v) is 11.9. The van der Waals surface area contributed by atoms with Crippen LogP contribution >= 0.6 is 46.4 Å². The molecule has 0 spiro atoms. The van der Waals surface area contributed by atoms with Crippen molar-refractivity contribution in [3.63, 3.8) is 0 Å². The van der Waals surface area contributed by atoms with Gasteiger partial charge in [-0.1, -0.05) is 47.5 Å². The average molecular weight is 472 g/mol. The summed E-state index contributed by atoms with van der Waals surface area (Å²) >= 11 is 28.5. The van der Waals surface area contributed by atoms with Crippen molar-refractivity contribution in [2.75, 3.05) is 14.2 Å². The van der Waals surface area contributed by atoms with Crippen LogP contribution < -0.4 is 0 Å². The van der Waals surface area contributed by atoms with Gasteiger partial charge >= 0.3 is 0 Å². The molecule has 0 unspecified atom stereocenters. The first kappa shape index (κ1) is 18.6. The number of alkyl halides is 2. The van der Waals surface area contributed by atoms with E-state index >= 15 is 0 Å². The summed E-state index contributed by atoms with van der Waals surface area (Å²) in [6, 6.07) is 9.02. The van der Waals surface area contributed by atoms with E-state index in [1.807, 2.05) is 0 Å². The predicted molar refractivity (Wildman–Crippen MR) is 115 cm³/mol. The molecule has 1 aromatic carbocycles. The molecule has 4 saturated carbocycles. The van der Waals surface area contributed by atoms with E-state index in [2.05, 4.69) is 24.3 Å². The molecule has 2 nitrogen and oxygen atoms in total. The van der Waals surface area contributed by atoms with Gasteiger partial charge in [-0.3, -0.25) is 0 Å². The van der Waals surface area contributed by atoms with Gasteiger partial charge in [0, 0.05) is 14.2 Å². The summed E-state index contributed by atoms with van der Waals surface area (Å²) in [5.41, 5.74) is 3.11. The number of hydrogen-bond donors (Lipinski definition) is 0. The molecular formula is C23H22Cl4O2. The van der Waals surface area contributed by atoms with E-state index in [0.29, 0.717) is 45.6 Å². The summed E-state index contributed by atoms with van der Waals surface area (Å²) in [6.45, 7) is 0. The van der Waals surface area contributed by atoms with Gasteiger partial charge in [0.05, 0.1) is 10.1 Å². The van der Waals surface area contributed by atoms with Crippen LogP contribution in [-0.2, 0) is 9.47 Å². The normalized spacial score (nSPS) is 54.3. The third-order valence-electron chi connectivity index (χ3n) is 9.80. The van der Waals surface area contributed by atoms with Crippen molar-refractivity contribution in [1.82, 2.24) is 0 Å². The van der Waals surface area contributed by atoms with Crippen molar-refractivity contribution < 1.29 is 9.47 Å². The van der Waals surface area contributed by atoms with Crippen molar-refractivity contribution in [2.24, 2.45) is 35.5 Å². The van der Waals surface area contributed by atoms with E-state index in [1.165, 1.54) is 6.42 Å². The van der Waals surface area contributed by atoms with Crippen molar-refractivity contribution >= 4 is 46.4 Å². The number of ether oxygens (including phenoxy) is 2. The van der Waals surface area contributed by atoms with E-state index in [9.17, 15) is 0 Å². The van der Waals surface area contributed by atoms with Gasteiger partial charge in [0.1, 0.15) is 9.75 Å². The van der Waals surface area contributed by atoms with Gasteiger partial charge in [0.2, 0.25) is 5.79 Å². The molecule has 6 aliphatic rings. The Labute approximate surface area is 190 Å². The maximum Gasteiger partial charge on any atom is 0.217 e. The summed E-state index contributed by atoms with van der Waals surface area (Å²) in [5.74, 6) is 2.48. The fourth-order valence-corrected chi connectivity index (χ4v) is 11.8. The van der Waals surface area contributed by atoms with Crippen LogP contribution in [0.15, 0.2) is 34.3 Å². The minimum atomic E-state index is -1.24. The Morgan fingerprint density at radius 1 is 0.793 bits per heavy atom. The maximum atomic E-state index is 7.43. The van der Waals surface area contributed by atoms with Crippen molar-refractivity contribution in [3.8, 4) is 0 Å². The highest BCUT2D eigenvalue weighted by molar-refractivity contribution is 6.52. The molecule has 0 saturated heterocycles. The highest BCUT2D eigenvalue weighted by Crippen LogP contribution is 2.85. The lowest BCUT2D eigenvalue weighted by molar-refractivity contribution is -0.222. The van der Waals surface area contributed by atoms with Gasteiger partial charge in [-0.2, -0.15) is 0 Å². The van der Waals surface area contributed by atoms with Crippen LogP contribution in [0.3, 0.4) is 0 Å². The number of rotatable bonds is 2. The molecule has 0 aliphatic heterocycles. The van der Waals surface area contributed by atoms with Crippen molar-refractivity contribution in [2.45, 2.75) is 40.2 Å². The Kier molecular flexibility index (Phi) is 3.42. The lowest BCUT2D eigenvalue weighted by atomic mass is 9.60. The lowest BCUT2D eigenvalue weighted by Gasteiger charge is -2.47. The molecule has 6 heteroatoms. The van der Waals surface area contributed by atoms with Gasteiger partial charge in [0.15, 0.2) is 0 Å². The molecule has 10 atom stereocenters. The number of benzene rings is 1. The smallest absolute Gasteiger partial charge is 0.217 e. The zero-order chi connectivity index (χ0) is 20.1. The van der Waals surface area contributed by atoms with Crippen LogP contribution in [0, 0.1) is 35.5 Å². The topological polar surface area (TPSA) is 18.5 Å². The van der Waals surface area contributed by atoms with Crippen molar-refractivity contribution in [3.05, 3.63) is 45.5 Å². The van der Waals surface area contributed by atoms with Crippen LogP contribution in [0.25, 0.3) is 0 Å². The molecule has 0 amide bonds. The zero-order valence-electron chi connectivity index (χ0n) is 16.2. The molecule has 1 aromatic rings. The van der Waals surface area contributed by atoms with E-state index in [-0.39, 0.29) is 11.8 Å². The molecule has 4 fully saturated rings. The Balaban J connectivity index is 1.43. The quantitative estimate of drug-likeness (QED) is 0.297. The van der Waals surface area contributed by atoms with Crippen LogP contribution in [-0.4, -0.2) is 29.8 Å². The first-order valence-corrected chi connectivity index (χ1v) is 12.0. The Morgan fingerprint density at radius 2 is 1.24 bits per heavy atom. The summed E-state index contributed by atoms with van der Waals surface area (Å²) in [7, 11) is 3.22. The molecule has 29 heavy (non-hydrogen) atoms. The molecule has 7 rings (SSSR count). The Morgan fingerprint density at radius 3 is 1.66 bits per heavy atom. The summed E-state index contributed by atoms with van der Waals surface area (Å²) in [4.78, 5) is -2.07. The molecule has 6 aliphatic carbocycles. The third kappa shape index (κ3) is 1.54. The minimum Gasteiger partial charge on any atom is -0.350 e. The largest absolute Gasteiger partial charge is 0.350 e. The molecular weight excluding hydrogens is 450 g/mol. The molecule has 0 heterocycles. The standard InChI is InChI=1S/C23H22Cl4O2/c1-28-23(29-2)21(26)17-13-8-14(18(17)22(23,27)20(25)19(21)24)16-12-7-11(15(13)16)9-5-3-4-6-10(9)12/h3-6,11-18H,7-8H2,1-2H3/t11-,12+,13-,14+,15-,16+,17-,18+,21-,22+. The van der Waals surface area contributed by atoms with Crippen molar-refractivity contribution in [1.29, 1.82) is 0 Å². The molecule has 6 bridgehead atoms. The Hall–Kier alpha value is 0.0400. The minimum absolute atomic E-state index is 0.120. The highest BCUT2D eigenvalue weighted by Gasteiger charge is 2.90. The number of hydrogen-bond acceptors (Lipinski definition) is 2. The molecule has 0 radical (unpaired) electrons. The lowest BCUT2D eigenvalue weighted by Crippen LogP contribution is -2.58. The van der Waals surface area contributed by atoms with E-state index < -0.39 is 15.5 Å². The first-order chi connectivity index (χ1) is 13.9. The molecule has 154 valence electrons. The van der Waals surface area contributed by atoms with Gasteiger partial charge in [-0.25, -0.2) is 0 Å². The second kappa shape index (κ2) is 5.33. The monoisotopic (exact) mass is 470 g/mol. The number of fused-ring (bicyclic) bond motifs is 19. The van der Waals surface area contributed by atoms with Gasteiger partial charge < -0.3 is 9.47 Å². The maximum absolute atomic E-state index is 7.43. The molecule has 0 N–H and O–H groups in total. The van der Waals surface area contributed by atoms with Gasteiger partial charge in [-0.05, 0) is 71.3 Å². The summed E-state index contributed by atoms with van der Waals surface area (Å²) in [6.07, 6.45) is 2.42.